The standard InChI is InChI=1S/C29H38N4O6/c1-20(32-26(37)39-27(2,3)4)25(36)33-29(18-34,16-22-13-9-10-14-30-22)17-31-23(24(35)28(5)19-38-28)15-21-11-7-6-8-12-21/h6-14,18,20,23,31H,15-17,19H2,1-5H3,(H,32,37)(H,33,36)/t20-,23-,28+,29+/m0/s1. The highest BCUT2D eigenvalue weighted by Crippen LogP contribution is 2.29. The zero-order chi connectivity index (χ0) is 28.7. The fourth-order valence-electron chi connectivity index (χ4n) is 4.02. The summed E-state index contributed by atoms with van der Waals surface area (Å²) in [6, 6.07) is 13.1. The summed E-state index contributed by atoms with van der Waals surface area (Å²) in [5.74, 6) is -0.718. The minimum absolute atomic E-state index is 0.0582. The van der Waals surface area contributed by atoms with Crippen molar-refractivity contribution in [2.75, 3.05) is 13.2 Å². The Bertz CT molecular complexity index is 1150. The summed E-state index contributed by atoms with van der Waals surface area (Å²) < 4.78 is 10.6. The van der Waals surface area contributed by atoms with Crippen LogP contribution in [0.2, 0.25) is 0 Å². The molecule has 39 heavy (non-hydrogen) atoms. The molecule has 0 saturated carbocycles. The molecular formula is C29H38N4O6. The lowest BCUT2D eigenvalue weighted by Crippen LogP contribution is -2.63. The third kappa shape index (κ3) is 8.97. The Balaban J connectivity index is 1.81. The van der Waals surface area contributed by atoms with E-state index in [4.69, 9.17) is 9.47 Å². The zero-order valence-corrected chi connectivity index (χ0v) is 23.2. The van der Waals surface area contributed by atoms with E-state index in [0.29, 0.717) is 25.0 Å². The first-order chi connectivity index (χ1) is 18.3. The number of rotatable bonds is 13. The summed E-state index contributed by atoms with van der Waals surface area (Å²) in [6.07, 6.45) is 1.93. The molecular weight excluding hydrogens is 500 g/mol. The van der Waals surface area contributed by atoms with Crippen LogP contribution in [0.1, 0.15) is 45.9 Å². The topological polar surface area (TPSA) is 139 Å². The Labute approximate surface area is 229 Å². The van der Waals surface area contributed by atoms with Crippen LogP contribution in [0.3, 0.4) is 0 Å². The Hall–Kier alpha value is -3.63. The monoisotopic (exact) mass is 538 g/mol. The van der Waals surface area contributed by atoms with Gasteiger partial charge in [0.05, 0.1) is 12.6 Å². The average molecular weight is 539 g/mol. The first-order valence-corrected chi connectivity index (χ1v) is 13.0. The molecule has 3 rings (SSSR count). The van der Waals surface area contributed by atoms with Crippen molar-refractivity contribution in [2.45, 2.75) is 76.3 Å². The number of aromatic nitrogens is 1. The van der Waals surface area contributed by atoms with E-state index in [2.05, 4.69) is 20.9 Å². The lowest BCUT2D eigenvalue weighted by Gasteiger charge is -2.33. The van der Waals surface area contributed by atoms with Crippen LogP contribution in [-0.2, 0) is 36.7 Å². The van der Waals surface area contributed by atoms with E-state index in [9.17, 15) is 19.2 Å². The SMILES string of the molecule is C[C@H](NC(=O)OC(C)(C)C)C(=O)N[C@@](C=O)(CN[C@@H](Cc1ccccc1)C(=O)[C@@]1(C)CO1)Cc1ccccn1. The lowest BCUT2D eigenvalue weighted by atomic mass is 9.90. The van der Waals surface area contributed by atoms with Crippen LogP contribution in [0.25, 0.3) is 0 Å². The number of hydrogen-bond donors (Lipinski definition) is 3. The van der Waals surface area contributed by atoms with Crippen LogP contribution in [0.5, 0.6) is 0 Å². The normalized spacial score (nSPS) is 19.6. The van der Waals surface area contributed by atoms with Gasteiger partial charge in [-0.05, 0) is 58.7 Å². The molecule has 10 heteroatoms. The van der Waals surface area contributed by atoms with Crippen LogP contribution in [0.15, 0.2) is 54.7 Å². The van der Waals surface area contributed by atoms with Crippen molar-refractivity contribution >= 4 is 24.1 Å². The second-order valence-electron chi connectivity index (χ2n) is 11.1. The number of benzene rings is 1. The third-order valence-electron chi connectivity index (χ3n) is 6.31. The van der Waals surface area contributed by atoms with Crippen LogP contribution in [-0.4, -0.2) is 71.0 Å². The Morgan fingerprint density at radius 3 is 2.36 bits per heavy atom. The number of amides is 2. The molecule has 0 unspecified atom stereocenters. The van der Waals surface area contributed by atoms with Crippen LogP contribution >= 0.6 is 0 Å². The molecule has 2 aromatic rings. The maximum absolute atomic E-state index is 13.3. The highest BCUT2D eigenvalue weighted by molar-refractivity contribution is 5.94. The number of ether oxygens (including phenoxy) is 2. The van der Waals surface area contributed by atoms with Crippen molar-refractivity contribution in [1.82, 2.24) is 20.9 Å². The predicted molar refractivity (Wildman–Crippen MR) is 145 cm³/mol. The highest BCUT2D eigenvalue weighted by Gasteiger charge is 2.50. The van der Waals surface area contributed by atoms with Gasteiger partial charge in [0.25, 0.3) is 0 Å². The third-order valence-corrected chi connectivity index (χ3v) is 6.31. The molecule has 2 amide bonds. The largest absolute Gasteiger partial charge is 0.444 e. The molecule has 2 heterocycles. The minimum Gasteiger partial charge on any atom is -0.444 e. The predicted octanol–water partition coefficient (Wildman–Crippen LogP) is 2.15. The van der Waals surface area contributed by atoms with Crippen molar-refractivity contribution in [3.63, 3.8) is 0 Å². The van der Waals surface area contributed by atoms with E-state index in [-0.39, 0.29) is 18.7 Å². The van der Waals surface area contributed by atoms with Gasteiger partial charge in [0, 0.05) is 24.9 Å². The van der Waals surface area contributed by atoms with Gasteiger partial charge in [0.1, 0.15) is 29.1 Å². The number of hydrogen-bond acceptors (Lipinski definition) is 8. The summed E-state index contributed by atoms with van der Waals surface area (Å²) in [6.45, 7) is 8.65. The highest BCUT2D eigenvalue weighted by atomic mass is 16.6. The number of epoxide rings is 1. The van der Waals surface area contributed by atoms with Gasteiger partial charge in [-0.2, -0.15) is 0 Å². The van der Waals surface area contributed by atoms with E-state index in [1.807, 2.05) is 30.3 Å². The summed E-state index contributed by atoms with van der Waals surface area (Å²) in [5, 5.41) is 8.51. The number of Topliss-reactive ketones (excluding diaryl/α,β-unsaturated/α-hetero) is 1. The Morgan fingerprint density at radius 2 is 1.79 bits per heavy atom. The maximum Gasteiger partial charge on any atom is 0.408 e. The molecule has 1 saturated heterocycles. The van der Waals surface area contributed by atoms with Crippen molar-refractivity contribution in [2.24, 2.45) is 0 Å². The molecule has 1 aromatic carbocycles. The Kier molecular flexibility index (Phi) is 9.58. The average Bonchev–Trinajstić information content (AvgIpc) is 3.64. The molecule has 1 aliphatic rings. The molecule has 0 bridgehead atoms. The van der Waals surface area contributed by atoms with Crippen LogP contribution in [0, 0.1) is 0 Å². The number of nitrogens with one attached hydrogen (secondary N) is 3. The number of alkyl carbamates (subject to hydrolysis) is 1. The second-order valence-corrected chi connectivity index (χ2v) is 11.1. The maximum atomic E-state index is 13.3. The van der Waals surface area contributed by atoms with Gasteiger partial charge in [-0.25, -0.2) is 4.79 Å². The number of carbonyl (C=O) groups excluding carboxylic acids is 4. The van der Waals surface area contributed by atoms with Crippen LogP contribution < -0.4 is 16.0 Å². The van der Waals surface area contributed by atoms with Crippen molar-refractivity contribution in [1.29, 1.82) is 0 Å². The summed E-state index contributed by atoms with van der Waals surface area (Å²) in [4.78, 5) is 55.7. The molecule has 0 radical (unpaired) electrons. The lowest BCUT2D eigenvalue weighted by molar-refractivity contribution is -0.128. The number of nitrogens with zero attached hydrogens (tertiary/aromatic N) is 1. The summed E-state index contributed by atoms with van der Waals surface area (Å²) >= 11 is 0. The number of carbonyl (C=O) groups is 4. The number of aldehydes is 1. The molecule has 3 N–H and O–H groups in total. The van der Waals surface area contributed by atoms with Crippen molar-refractivity contribution in [3.05, 3.63) is 66.0 Å². The molecule has 0 spiro atoms. The van der Waals surface area contributed by atoms with Gasteiger partial charge in [0.15, 0.2) is 5.78 Å². The van der Waals surface area contributed by atoms with Gasteiger partial charge in [-0.3, -0.25) is 14.6 Å². The Morgan fingerprint density at radius 1 is 1.13 bits per heavy atom. The van der Waals surface area contributed by atoms with Gasteiger partial charge < -0.3 is 30.2 Å². The van der Waals surface area contributed by atoms with Crippen LogP contribution in [0.4, 0.5) is 4.79 Å². The van der Waals surface area contributed by atoms with E-state index >= 15 is 0 Å². The van der Waals surface area contributed by atoms with Gasteiger partial charge in [0.2, 0.25) is 5.91 Å². The molecule has 1 aliphatic heterocycles. The van der Waals surface area contributed by atoms with E-state index < -0.39 is 40.8 Å². The van der Waals surface area contributed by atoms with E-state index in [1.54, 1.807) is 52.1 Å². The fraction of sp³-hybridized carbons (Fsp3) is 0.483. The zero-order valence-electron chi connectivity index (χ0n) is 23.2. The van der Waals surface area contributed by atoms with Crippen molar-refractivity contribution in [3.8, 4) is 0 Å². The van der Waals surface area contributed by atoms with Gasteiger partial charge in [-0.1, -0.05) is 36.4 Å². The fourth-order valence-corrected chi connectivity index (χ4v) is 4.02. The van der Waals surface area contributed by atoms with Crippen molar-refractivity contribution < 1.29 is 28.7 Å². The summed E-state index contributed by atoms with van der Waals surface area (Å²) in [7, 11) is 0. The first kappa shape index (κ1) is 29.9. The van der Waals surface area contributed by atoms with E-state index in [0.717, 1.165) is 5.56 Å². The summed E-state index contributed by atoms with van der Waals surface area (Å²) in [5.41, 5.74) is -1.57. The smallest absolute Gasteiger partial charge is 0.408 e. The molecule has 1 aromatic heterocycles. The van der Waals surface area contributed by atoms with Gasteiger partial charge >= 0.3 is 6.09 Å². The minimum atomic E-state index is -1.46. The molecule has 1 fully saturated rings. The number of pyridine rings is 1. The molecule has 0 aliphatic carbocycles. The quantitative estimate of drug-likeness (QED) is 0.260. The molecule has 210 valence electrons. The second kappa shape index (κ2) is 12.5. The number of ketones is 1. The first-order valence-electron chi connectivity index (χ1n) is 13.0. The molecule has 4 atom stereocenters. The van der Waals surface area contributed by atoms with E-state index in [1.165, 1.54) is 6.92 Å². The molecule has 10 nitrogen and oxygen atoms in total. The van der Waals surface area contributed by atoms with Gasteiger partial charge in [-0.15, -0.1) is 0 Å².